The highest BCUT2D eigenvalue weighted by atomic mass is 35.6. The molecule has 0 aromatic carbocycles. The summed E-state index contributed by atoms with van der Waals surface area (Å²) < 4.78 is 3.87. The number of alkyl halides is 3. The molecule has 4 aliphatic rings. The van der Waals surface area contributed by atoms with Crippen LogP contribution in [-0.2, 0) is 19.1 Å². The van der Waals surface area contributed by atoms with E-state index < -0.39 is 26.6 Å². The van der Waals surface area contributed by atoms with Crippen molar-refractivity contribution in [2.24, 2.45) is 34.5 Å². The lowest BCUT2D eigenvalue weighted by Crippen LogP contribution is -2.63. The maximum atomic E-state index is 13.7. The number of ether oxygens (including phenoxy) is 1. The van der Waals surface area contributed by atoms with Crippen LogP contribution in [0, 0.1) is 34.5 Å². The second-order valence-electron chi connectivity index (χ2n) is 10.6. The molecule has 32 heavy (non-hydrogen) atoms. The van der Waals surface area contributed by atoms with Gasteiger partial charge in [0, 0.05) is 23.2 Å². The summed E-state index contributed by atoms with van der Waals surface area (Å²) in [5.41, 5.74) is -1.03. The molecule has 0 heterocycles. The third-order valence-corrected chi connectivity index (χ3v) is 9.77. The van der Waals surface area contributed by atoms with Crippen molar-refractivity contribution in [2.45, 2.75) is 75.6 Å². The Hall–Kier alpha value is -0.840. The lowest BCUT2D eigenvalue weighted by Gasteiger charge is -2.58. The van der Waals surface area contributed by atoms with E-state index in [4.69, 9.17) is 39.5 Å². The lowest BCUT2D eigenvalue weighted by molar-refractivity contribution is -0.194. The van der Waals surface area contributed by atoms with Gasteiger partial charge in [-0.3, -0.25) is 14.4 Å². The minimum atomic E-state index is -2.17. The summed E-state index contributed by atoms with van der Waals surface area (Å²) in [7, 11) is 0. The molecule has 1 unspecified atom stereocenters. The molecule has 0 saturated heterocycles. The standard InChI is InChI=1S/C25H31Cl3O4/c1-5-20(30)32-24(21(31)25(26,27)28)14(2)12-19-17-7-6-15-13-16(29)8-10-22(15,3)18(17)9-11-23(19,24)4/h8,10,13-14,17-19H,5-7,9,11-12H2,1-4H3/t14?,17-,18+,19+,22+,23+,24+/m1/s1. The van der Waals surface area contributed by atoms with Gasteiger partial charge in [0.2, 0.25) is 5.78 Å². The number of halogens is 3. The molecule has 0 spiro atoms. The number of Topliss-reactive ketones (excluding diaryl/α,β-unsaturated/α-hetero) is 1. The van der Waals surface area contributed by atoms with Crippen molar-refractivity contribution in [2.75, 3.05) is 0 Å². The van der Waals surface area contributed by atoms with Gasteiger partial charge in [0.1, 0.15) is 0 Å². The SMILES string of the molecule is CCC(=O)O[C@]1(C(=O)C(Cl)(Cl)Cl)C(C)C[C@H]2[C@@H]3CCC4=CC(=O)C=C[C@]4(C)[C@H]3CC[C@@]21C. The first-order valence-electron chi connectivity index (χ1n) is 11.6. The molecule has 0 bridgehead atoms. The highest BCUT2D eigenvalue weighted by molar-refractivity contribution is 6.76. The lowest BCUT2D eigenvalue weighted by atomic mass is 9.47. The molecule has 0 radical (unpaired) electrons. The molecule has 0 aromatic rings. The van der Waals surface area contributed by atoms with E-state index in [2.05, 4.69) is 19.9 Å². The van der Waals surface area contributed by atoms with Crippen LogP contribution in [0.1, 0.15) is 66.2 Å². The number of carbonyl (C=O) groups is 3. The minimum absolute atomic E-state index is 0.0600. The molecular weight excluding hydrogens is 471 g/mol. The fourth-order valence-electron chi connectivity index (χ4n) is 7.73. The fraction of sp³-hybridized carbons (Fsp3) is 0.720. The van der Waals surface area contributed by atoms with Gasteiger partial charge in [-0.15, -0.1) is 0 Å². The zero-order chi connectivity index (χ0) is 23.7. The normalized spacial score (nSPS) is 43.1. The van der Waals surface area contributed by atoms with Crippen molar-refractivity contribution in [3.63, 3.8) is 0 Å². The summed E-state index contributed by atoms with van der Waals surface area (Å²) >= 11 is 18.4. The summed E-state index contributed by atoms with van der Waals surface area (Å²) in [4.78, 5) is 38.2. The van der Waals surface area contributed by atoms with Crippen molar-refractivity contribution in [1.82, 2.24) is 0 Å². The topological polar surface area (TPSA) is 60.4 Å². The van der Waals surface area contributed by atoms with Crippen molar-refractivity contribution < 1.29 is 19.1 Å². The van der Waals surface area contributed by atoms with E-state index in [1.54, 1.807) is 19.1 Å². The Balaban J connectivity index is 1.78. The van der Waals surface area contributed by atoms with Gasteiger partial charge in [-0.1, -0.05) is 74.1 Å². The van der Waals surface area contributed by atoms with Gasteiger partial charge in [-0.2, -0.15) is 0 Å². The monoisotopic (exact) mass is 500 g/mol. The van der Waals surface area contributed by atoms with Crippen LogP contribution < -0.4 is 0 Å². The van der Waals surface area contributed by atoms with Gasteiger partial charge >= 0.3 is 5.97 Å². The van der Waals surface area contributed by atoms with E-state index in [1.165, 1.54) is 5.57 Å². The zero-order valence-corrected chi connectivity index (χ0v) is 21.3. The van der Waals surface area contributed by atoms with Gasteiger partial charge in [0.05, 0.1) is 0 Å². The van der Waals surface area contributed by atoms with Gasteiger partial charge in [-0.25, -0.2) is 0 Å². The van der Waals surface area contributed by atoms with Gasteiger partial charge in [0.25, 0.3) is 3.79 Å². The molecule has 7 heteroatoms. The van der Waals surface area contributed by atoms with E-state index in [0.717, 1.165) is 25.7 Å². The Labute approximate surface area is 205 Å². The van der Waals surface area contributed by atoms with Gasteiger partial charge in [-0.05, 0) is 62.0 Å². The number of esters is 1. The Kier molecular flexibility index (Phi) is 5.96. The molecule has 0 aromatic heterocycles. The second-order valence-corrected chi connectivity index (χ2v) is 12.9. The highest BCUT2D eigenvalue weighted by Crippen LogP contribution is 2.70. The average Bonchev–Trinajstić information content (AvgIpc) is 2.94. The molecule has 4 nitrogen and oxygen atoms in total. The maximum Gasteiger partial charge on any atom is 0.306 e. The smallest absolute Gasteiger partial charge is 0.306 e. The number of fused-ring (bicyclic) bond motifs is 5. The predicted octanol–water partition coefficient (Wildman–Crippen LogP) is 6.17. The molecular formula is C25H31Cl3O4. The first kappa shape index (κ1) is 24.3. The van der Waals surface area contributed by atoms with E-state index in [1.807, 2.05) is 6.92 Å². The number of rotatable bonds is 3. The number of hydrogen-bond donors (Lipinski definition) is 0. The van der Waals surface area contributed by atoms with Crippen LogP contribution in [0.3, 0.4) is 0 Å². The molecule has 176 valence electrons. The summed E-state index contributed by atoms with van der Waals surface area (Å²) in [6, 6.07) is 0. The van der Waals surface area contributed by atoms with E-state index in [0.29, 0.717) is 18.3 Å². The van der Waals surface area contributed by atoms with E-state index in [9.17, 15) is 14.4 Å². The molecule has 0 N–H and O–H groups in total. The molecule has 7 atom stereocenters. The fourth-order valence-corrected chi connectivity index (χ4v) is 8.15. The van der Waals surface area contributed by atoms with Gasteiger partial charge in [0.15, 0.2) is 11.4 Å². The number of carbonyl (C=O) groups excluding carboxylic acids is 3. The van der Waals surface area contributed by atoms with Crippen LogP contribution in [0.4, 0.5) is 0 Å². The molecule has 3 saturated carbocycles. The van der Waals surface area contributed by atoms with Crippen molar-refractivity contribution in [3.05, 3.63) is 23.8 Å². The summed E-state index contributed by atoms with van der Waals surface area (Å²) in [6.07, 6.45) is 9.82. The molecule has 3 fully saturated rings. The van der Waals surface area contributed by atoms with E-state index >= 15 is 0 Å². The Bertz CT molecular complexity index is 919. The third kappa shape index (κ3) is 3.26. The van der Waals surface area contributed by atoms with Gasteiger partial charge < -0.3 is 4.74 Å². The summed E-state index contributed by atoms with van der Waals surface area (Å²) in [5.74, 6) is -0.426. The Morgan fingerprint density at radius 2 is 1.88 bits per heavy atom. The number of hydrogen-bond acceptors (Lipinski definition) is 4. The molecule has 0 aliphatic heterocycles. The average molecular weight is 502 g/mol. The third-order valence-electron chi connectivity index (χ3n) is 9.25. The predicted molar refractivity (Wildman–Crippen MR) is 126 cm³/mol. The maximum absolute atomic E-state index is 13.7. The Morgan fingerprint density at radius 3 is 2.50 bits per heavy atom. The molecule has 4 aliphatic carbocycles. The number of ketones is 2. The van der Waals surface area contributed by atoms with Crippen LogP contribution in [0.25, 0.3) is 0 Å². The number of allylic oxidation sites excluding steroid dienone is 4. The van der Waals surface area contributed by atoms with Crippen LogP contribution >= 0.6 is 34.8 Å². The van der Waals surface area contributed by atoms with Crippen molar-refractivity contribution >= 4 is 52.3 Å². The van der Waals surface area contributed by atoms with Crippen LogP contribution in [0.2, 0.25) is 0 Å². The summed E-state index contributed by atoms with van der Waals surface area (Å²) in [5, 5.41) is 0. The minimum Gasteiger partial charge on any atom is -0.450 e. The molecule has 4 rings (SSSR count). The van der Waals surface area contributed by atoms with Crippen molar-refractivity contribution in [3.8, 4) is 0 Å². The summed E-state index contributed by atoms with van der Waals surface area (Å²) in [6.45, 7) is 7.95. The van der Waals surface area contributed by atoms with Crippen LogP contribution in [-0.4, -0.2) is 26.9 Å². The van der Waals surface area contributed by atoms with Crippen LogP contribution in [0.15, 0.2) is 23.8 Å². The highest BCUT2D eigenvalue weighted by Gasteiger charge is 2.73. The first-order chi connectivity index (χ1) is 14.8. The second kappa shape index (κ2) is 7.85. The zero-order valence-electron chi connectivity index (χ0n) is 19.1. The Morgan fingerprint density at radius 1 is 1.19 bits per heavy atom. The van der Waals surface area contributed by atoms with Crippen molar-refractivity contribution in [1.29, 1.82) is 0 Å². The van der Waals surface area contributed by atoms with Crippen LogP contribution in [0.5, 0.6) is 0 Å². The largest absolute Gasteiger partial charge is 0.450 e. The molecule has 0 amide bonds. The first-order valence-corrected chi connectivity index (χ1v) is 12.7. The van der Waals surface area contributed by atoms with E-state index in [-0.39, 0.29) is 29.5 Å². The quantitative estimate of drug-likeness (QED) is 0.343.